The second kappa shape index (κ2) is 10.2. The van der Waals surface area contributed by atoms with Gasteiger partial charge in [0.05, 0.1) is 13.0 Å². The van der Waals surface area contributed by atoms with E-state index in [1.54, 1.807) is 31.4 Å². The second-order valence-electron chi connectivity index (χ2n) is 8.95. The predicted molar refractivity (Wildman–Crippen MR) is 130 cm³/mol. The molecular weight excluding hydrogens is 462 g/mol. The van der Waals surface area contributed by atoms with Gasteiger partial charge >= 0.3 is 6.03 Å². The molecule has 0 bridgehead atoms. The van der Waals surface area contributed by atoms with Gasteiger partial charge in [-0.2, -0.15) is 4.98 Å². The van der Waals surface area contributed by atoms with Crippen LogP contribution in [0.15, 0.2) is 59.1 Å². The quantitative estimate of drug-likeness (QED) is 0.538. The van der Waals surface area contributed by atoms with Crippen LogP contribution in [0.1, 0.15) is 31.6 Å². The first-order valence-corrected chi connectivity index (χ1v) is 12.0. The molecule has 4 amide bonds. The third-order valence-electron chi connectivity index (χ3n) is 6.65. The first-order chi connectivity index (χ1) is 17.5. The van der Waals surface area contributed by atoms with Gasteiger partial charge in [-0.15, -0.1) is 0 Å². The Morgan fingerprint density at radius 2 is 1.92 bits per heavy atom. The van der Waals surface area contributed by atoms with Crippen molar-refractivity contribution in [1.29, 1.82) is 0 Å². The number of nitrogens with one attached hydrogen (secondary N) is 1. The summed E-state index contributed by atoms with van der Waals surface area (Å²) >= 11 is 0. The van der Waals surface area contributed by atoms with E-state index in [0.717, 1.165) is 23.3 Å². The highest BCUT2D eigenvalue weighted by Gasteiger charge is 2.47. The predicted octanol–water partition coefficient (Wildman–Crippen LogP) is 3.71. The summed E-state index contributed by atoms with van der Waals surface area (Å²) in [6, 6.07) is 15.5. The van der Waals surface area contributed by atoms with Gasteiger partial charge in [0.25, 0.3) is 0 Å². The van der Waals surface area contributed by atoms with Crippen LogP contribution < -0.4 is 10.1 Å². The maximum Gasteiger partial charge on any atom is 0.327 e. The number of hydrogen-bond donors (Lipinski definition) is 1. The van der Waals surface area contributed by atoms with Crippen LogP contribution in [0.5, 0.6) is 5.75 Å². The number of urea groups is 1. The highest BCUT2D eigenvalue weighted by atomic mass is 16.5. The molecule has 2 aromatic carbocycles. The van der Waals surface area contributed by atoms with E-state index in [0.29, 0.717) is 30.1 Å². The number of carbonyl (C=O) groups excluding carboxylic acids is 3. The minimum absolute atomic E-state index is 0.144. The van der Waals surface area contributed by atoms with E-state index >= 15 is 0 Å². The molecule has 2 aliphatic rings. The SMILES string of the molecule is COc1cccc(NC(=O)CN2C(=O)N(Cc3nc(-c4ccccc4)no3)C(=O)C3CCCCC32)c1. The van der Waals surface area contributed by atoms with E-state index < -0.39 is 6.03 Å². The standard InChI is InChI=1S/C26H27N5O5/c1-35-19-11-7-10-18(14-19)27-22(32)15-30-21-13-6-5-12-20(21)25(33)31(26(30)34)16-23-28-24(29-36-23)17-8-3-2-4-9-17/h2-4,7-11,14,20-21H,5-6,12-13,15-16H2,1H3,(H,27,32). The largest absolute Gasteiger partial charge is 0.497 e. The molecule has 2 heterocycles. The fraction of sp³-hybridized carbons (Fsp3) is 0.346. The third-order valence-corrected chi connectivity index (χ3v) is 6.65. The lowest BCUT2D eigenvalue weighted by atomic mass is 9.81. The van der Waals surface area contributed by atoms with Crippen LogP contribution in [0.3, 0.4) is 0 Å². The number of methoxy groups -OCH3 is 1. The normalized spacial score (nSPS) is 19.7. The number of anilines is 1. The molecule has 186 valence electrons. The molecule has 1 saturated heterocycles. The Morgan fingerprint density at radius 3 is 2.72 bits per heavy atom. The fourth-order valence-electron chi connectivity index (χ4n) is 4.91. The van der Waals surface area contributed by atoms with E-state index in [1.165, 1.54) is 4.90 Å². The zero-order chi connectivity index (χ0) is 25.1. The van der Waals surface area contributed by atoms with Crippen LogP contribution in [-0.4, -0.2) is 57.5 Å². The lowest BCUT2D eigenvalue weighted by Crippen LogP contribution is -2.63. The van der Waals surface area contributed by atoms with E-state index in [2.05, 4.69) is 15.5 Å². The smallest absolute Gasteiger partial charge is 0.327 e. The van der Waals surface area contributed by atoms with Gasteiger partial charge in [0.2, 0.25) is 23.5 Å². The van der Waals surface area contributed by atoms with Gasteiger partial charge < -0.3 is 19.5 Å². The number of nitrogens with zero attached hydrogens (tertiary/aromatic N) is 4. The van der Waals surface area contributed by atoms with Gasteiger partial charge in [-0.05, 0) is 25.0 Å². The first kappa shape index (κ1) is 23.5. The summed E-state index contributed by atoms with van der Waals surface area (Å²) in [5.74, 6) is 0.184. The molecule has 2 fully saturated rings. The number of rotatable bonds is 7. The first-order valence-electron chi connectivity index (χ1n) is 12.0. The Hall–Kier alpha value is -4.21. The Labute approximate surface area is 208 Å². The van der Waals surface area contributed by atoms with Crippen molar-refractivity contribution in [2.45, 2.75) is 38.3 Å². The number of hydrogen-bond acceptors (Lipinski definition) is 7. The van der Waals surface area contributed by atoms with Crippen LogP contribution in [0.2, 0.25) is 0 Å². The molecule has 10 heteroatoms. The van der Waals surface area contributed by atoms with Gasteiger partial charge in [0.15, 0.2) is 0 Å². The molecule has 0 spiro atoms. The molecular formula is C26H27N5O5. The molecule has 1 N–H and O–H groups in total. The van der Waals surface area contributed by atoms with Crippen molar-refractivity contribution in [3.05, 3.63) is 60.5 Å². The maximum absolute atomic E-state index is 13.5. The van der Waals surface area contributed by atoms with Crippen LogP contribution >= 0.6 is 0 Å². The minimum atomic E-state index is -0.525. The van der Waals surface area contributed by atoms with Gasteiger partial charge in [0.1, 0.15) is 18.8 Å². The highest BCUT2D eigenvalue weighted by molar-refractivity contribution is 6.01. The summed E-state index contributed by atoms with van der Waals surface area (Å²) in [7, 11) is 1.55. The summed E-state index contributed by atoms with van der Waals surface area (Å²) < 4.78 is 10.6. The molecule has 10 nitrogen and oxygen atoms in total. The van der Waals surface area contributed by atoms with E-state index in [-0.39, 0.29) is 42.8 Å². The van der Waals surface area contributed by atoms with Crippen LogP contribution in [0.25, 0.3) is 11.4 Å². The Balaban J connectivity index is 1.34. The molecule has 1 saturated carbocycles. The Bertz CT molecular complexity index is 1260. The molecule has 0 radical (unpaired) electrons. The van der Waals surface area contributed by atoms with Crippen molar-refractivity contribution in [3.63, 3.8) is 0 Å². The number of carbonyl (C=O) groups is 3. The van der Waals surface area contributed by atoms with E-state index in [1.807, 2.05) is 30.3 Å². The Morgan fingerprint density at radius 1 is 1.11 bits per heavy atom. The lowest BCUT2D eigenvalue weighted by molar-refractivity contribution is -0.142. The van der Waals surface area contributed by atoms with Crippen molar-refractivity contribution in [2.75, 3.05) is 19.0 Å². The summed E-state index contributed by atoms with van der Waals surface area (Å²) in [6.45, 7) is -0.311. The molecule has 2 unspecified atom stereocenters. The van der Waals surface area contributed by atoms with Crippen molar-refractivity contribution in [2.24, 2.45) is 5.92 Å². The maximum atomic E-state index is 13.5. The summed E-state index contributed by atoms with van der Waals surface area (Å²) in [6.07, 6.45) is 3.15. The number of benzene rings is 2. The van der Waals surface area contributed by atoms with Gasteiger partial charge in [-0.25, -0.2) is 4.79 Å². The number of aromatic nitrogens is 2. The van der Waals surface area contributed by atoms with E-state index in [4.69, 9.17) is 9.26 Å². The molecule has 3 aromatic rings. The molecule has 1 aromatic heterocycles. The number of imide groups is 1. The second-order valence-corrected chi connectivity index (χ2v) is 8.95. The molecule has 1 aliphatic heterocycles. The average Bonchev–Trinajstić information content (AvgIpc) is 3.38. The van der Waals surface area contributed by atoms with Gasteiger partial charge in [0, 0.05) is 23.4 Å². The van der Waals surface area contributed by atoms with E-state index in [9.17, 15) is 14.4 Å². The van der Waals surface area contributed by atoms with Crippen LogP contribution in [0.4, 0.5) is 10.5 Å². The third kappa shape index (κ3) is 4.79. The summed E-state index contributed by atoms with van der Waals surface area (Å²) in [5, 5.41) is 6.81. The van der Waals surface area contributed by atoms with Crippen LogP contribution in [0, 0.1) is 5.92 Å². The summed E-state index contributed by atoms with van der Waals surface area (Å²) in [4.78, 5) is 46.8. The molecule has 1 aliphatic carbocycles. The summed E-state index contributed by atoms with van der Waals surface area (Å²) in [5.41, 5.74) is 1.34. The monoisotopic (exact) mass is 489 g/mol. The molecule has 2 atom stereocenters. The van der Waals surface area contributed by atoms with Crippen molar-refractivity contribution in [3.8, 4) is 17.1 Å². The lowest BCUT2D eigenvalue weighted by Gasteiger charge is -2.46. The van der Waals surface area contributed by atoms with Gasteiger partial charge in [-0.3, -0.25) is 14.5 Å². The van der Waals surface area contributed by atoms with Crippen molar-refractivity contribution < 1.29 is 23.6 Å². The minimum Gasteiger partial charge on any atom is -0.497 e. The Kier molecular flexibility index (Phi) is 6.66. The molecule has 5 rings (SSSR count). The van der Waals surface area contributed by atoms with Gasteiger partial charge in [-0.1, -0.05) is 54.4 Å². The zero-order valence-electron chi connectivity index (χ0n) is 19.9. The zero-order valence-corrected chi connectivity index (χ0v) is 19.9. The molecule has 36 heavy (non-hydrogen) atoms. The highest BCUT2D eigenvalue weighted by Crippen LogP contribution is 2.35. The van der Waals surface area contributed by atoms with Crippen molar-refractivity contribution in [1.82, 2.24) is 19.9 Å². The number of fused-ring (bicyclic) bond motifs is 1. The number of ether oxygens (including phenoxy) is 1. The average molecular weight is 490 g/mol. The van der Waals surface area contributed by atoms with Crippen LogP contribution in [-0.2, 0) is 16.1 Å². The topological polar surface area (TPSA) is 118 Å². The fourth-order valence-corrected chi connectivity index (χ4v) is 4.91. The van der Waals surface area contributed by atoms with Crippen molar-refractivity contribution >= 4 is 23.5 Å². The number of amides is 4.